The van der Waals surface area contributed by atoms with Crippen molar-refractivity contribution in [1.29, 1.82) is 0 Å². The highest BCUT2D eigenvalue weighted by molar-refractivity contribution is 7.99. The highest BCUT2D eigenvalue weighted by Gasteiger charge is 2.29. The third kappa shape index (κ3) is 2.04. The lowest BCUT2D eigenvalue weighted by molar-refractivity contribution is 0.174. The molecule has 2 aliphatic heterocycles. The number of rotatable bonds is 2. The average molecular weight is 324 g/mol. The van der Waals surface area contributed by atoms with Crippen LogP contribution >= 0.6 is 11.8 Å². The molecule has 23 heavy (non-hydrogen) atoms. The third-order valence-electron chi connectivity index (χ3n) is 3.83. The first-order valence-electron chi connectivity index (χ1n) is 7.22. The van der Waals surface area contributed by atoms with Gasteiger partial charge in [0.1, 0.15) is 5.37 Å². The van der Waals surface area contributed by atoms with Crippen molar-refractivity contribution in [2.24, 2.45) is 0 Å². The SMILES string of the molecule is c1ccc(-c2nnc3n2N[C@@H](c2ccc4c(c2)OCO4)S3)cc1. The van der Waals surface area contributed by atoms with Crippen molar-refractivity contribution < 1.29 is 9.47 Å². The molecule has 0 radical (unpaired) electrons. The van der Waals surface area contributed by atoms with Gasteiger partial charge in [-0.25, -0.2) is 4.68 Å². The van der Waals surface area contributed by atoms with Crippen molar-refractivity contribution in [3.8, 4) is 22.9 Å². The lowest BCUT2D eigenvalue weighted by atomic mass is 10.2. The highest BCUT2D eigenvalue weighted by Crippen LogP contribution is 2.43. The number of hydrogen-bond donors (Lipinski definition) is 1. The zero-order chi connectivity index (χ0) is 15.2. The summed E-state index contributed by atoms with van der Waals surface area (Å²) in [6.07, 6.45) is 0. The van der Waals surface area contributed by atoms with Crippen molar-refractivity contribution in [1.82, 2.24) is 14.9 Å². The Morgan fingerprint density at radius 1 is 1.04 bits per heavy atom. The van der Waals surface area contributed by atoms with E-state index in [4.69, 9.17) is 9.47 Å². The summed E-state index contributed by atoms with van der Waals surface area (Å²) < 4.78 is 12.8. The summed E-state index contributed by atoms with van der Waals surface area (Å²) in [6.45, 7) is 0.285. The van der Waals surface area contributed by atoms with Gasteiger partial charge in [-0.2, -0.15) is 0 Å². The fourth-order valence-corrected chi connectivity index (χ4v) is 3.69. The Morgan fingerprint density at radius 3 is 2.83 bits per heavy atom. The van der Waals surface area contributed by atoms with Crippen LogP contribution in [0.5, 0.6) is 11.5 Å². The molecule has 1 atom stereocenters. The molecule has 7 heteroatoms. The Kier molecular flexibility index (Phi) is 2.75. The molecular weight excluding hydrogens is 312 g/mol. The van der Waals surface area contributed by atoms with E-state index in [1.54, 1.807) is 11.8 Å². The van der Waals surface area contributed by atoms with Gasteiger partial charge in [0.2, 0.25) is 11.9 Å². The Balaban J connectivity index is 1.47. The summed E-state index contributed by atoms with van der Waals surface area (Å²) in [5.41, 5.74) is 5.59. The van der Waals surface area contributed by atoms with E-state index in [1.165, 1.54) is 0 Å². The summed E-state index contributed by atoms with van der Waals surface area (Å²) in [5.74, 6) is 2.40. The second-order valence-electron chi connectivity index (χ2n) is 5.25. The molecule has 0 saturated carbocycles. The normalized spacial score (nSPS) is 17.8. The molecule has 5 rings (SSSR count). The van der Waals surface area contributed by atoms with E-state index in [2.05, 4.69) is 15.6 Å². The van der Waals surface area contributed by atoms with E-state index in [9.17, 15) is 0 Å². The van der Waals surface area contributed by atoms with Gasteiger partial charge in [0.05, 0.1) is 0 Å². The number of nitrogens with zero attached hydrogens (tertiary/aromatic N) is 3. The van der Waals surface area contributed by atoms with Gasteiger partial charge < -0.3 is 14.9 Å². The standard InChI is InChI=1S/C16H12N4O2S/c1-2-4-10(5-3-1)14-17-18-16-20(14)19-15(23-16)11-6-7-12-13(8-11)22-9-21-12/h1-8,15,19H,9H2/t15-/m1/s1. The molecule has 0 unspecified atom stereocenters. The van der Waals surface area contributed by atoms with E-state index >= 15 is 0 Å². The van der Waals surface area contributed by atoms with Gasteiger partial charge >= 0.3 is 0 Å². The summed E-state index contributed by atoms with van der Waals surface area (Å²) in [6, 6.07) is 16.0. The lowest BCUT2D eigenvalue weighted by Crippen LogP contribution is -2.13. The zero-order valence-corrected chi connectivity index (χ0v) is 12.8. The predicted molar refractivity (Wildman–Crippen MR) is 86.0 cm³/mol. The van der Waals surface area contributed by atoms with Crippen LogP contribution in [0.1, 0.15) is 10.9 Å². The maximum Gasteiger partial charge on any atom is 0.231 e. The van der Waals surface area contributed by atoms with E-state index in [-0.39, 0.29) is 12.2 Å². The molecule has 3 heterocycles. The van der Waals surface area contributed by atoms with E-state index < -0.39 is 0 Å². The monoisotopic (exact) mass is 324 g/mol. The van der Waals surface area contributed by atoms with Gasteiger partial charge in [0, 0.05) is 5.56 Å². The largest absolute Gasteiger partial charge is 0.454 e. The molecule has 1 N–H and O–H groups in total. The second-order valence-corrected chi connectivity index (χ2v) is 6.32. The smallest absolute Gasteiger partial charge is 0.231 e. The van der Waals surface area contributed by atoms with Gasteiger partial charge in [-0.1, -0.05) is 48.2 Å². The van der Waals surface area contributed by atoms with Crippen molar-refractivity contribution in [3.05, 3.63) is 54.1 Å². The Labute approximate surface area is 136 Å². The molecule has 1 aromatic heterocycles. The van der Waals surface area contributed by atoms with Gasteiger partial charge in [-0.05, 0) is 17.7 Å². The Hall–Kier alpha value is -2.67. The van der Waals surface area contributed by atoms with Crippen LogP contribution in [0.3, 0.4) is 0 Å². The van der Waals surface area contributed by atoms with Crippen LogP contribution in [0.4, 0.5) is 0 Å². The summed E-state index contributed by atoms with van der Waals surface area (Å²) >= 11 is 1.63. The van der Waals surface area contributed by atoms with Crippen molar-refractivity contribution in [2.45, 2.75) is 10.5 Å². The molecule has 0 aliphatic carbocycles. The molecule has 0 fully saturated rings. The second kappa shape index (κ2) is 4.92. The minimum atomic E-state index is 0.0671. The number of hydrogen-bond acceptors (Lipinski definition) is 6. The van der Waals surface area contributed by atoms with Gasteiger partial charge in [-0.3, -0.25) is 0 Å². The Morgan fingerprint density at radius 2 is 1.91 bits per heavy atom. The maximum absolute atomic E-state index is 5.46. The average Bonchev–Trinajstić information content (AvgIpc) is 3.29. The minimum Gasteiger partial charge on any atom is -0.454 e. The predicted octanol–water partition coefficient (Wildman–Crippen LogP) is 3.02. The molecule has 2 aliphatic rings. The van der Waals surface area contributed by atoms with Crippen LogP contribution in [0.15, 0.2) is 53.7 Å². The topological polar surface area (TPSA) is 61.2 Å². The minimum absolute atomic E-state index is 0.0671. The summed E-state index contributed by atoms with van der Waals surface area (Å²) in [5, 5.41) is 9.48. The number of aromatic nitrogens is 3. The van der Waals surface area contributed by atoms with E-state index in [0.717, 1.165) is 33.6 Å². The molecule has 0 amide bonds. The van der Waals surface area contributed by atoms with Crippen LogP contribution in [0.25, 0.3) is 11.4 Å². The molecule has 3 aromatic rings. The van der Waals surface area contributed by atoms with Crippen LogP contribution in [0.2, 0.25) is 0 Å². The molecule has 0 saturated heterocycles. The first-order chi connectivity index (χ1) is 11.4. The van der Waals surface area contributed by atoms with E-state index in [1.807, 2.05) is 53.2 Å². The van der Waals surface area contributed by atoms with Crippen LogP contribution in [-0.2, 0) is 0 Å². The number of ether oxygens (including phenoxy) is 2. The summed E-state index contributed by atoms with van der Waals surface area (Å²) in [7, 11) is 0. The van der Waals surface area contributed by atoms with Gasteiger partial charge in [0.25, 0.3) is 0 Å². The quantitative estimate of drug-likeness (QED) is 0.782. The zero-order valence-electron chi connectivity index (χ0n) is 12.0. The van der Waals surface area contributed by atoms with Crippen LogP contribution in [-0.4, -0.2) is 21.7 Å². The fraction of sp³-hybridized carbons (Fsp3) is 0.125. The van der Waals surface area contributed by atoms with Gasteiger partial charge in [-0.15, -0.1) is 10.2 Å². The number of nitrogens with one attached hydrogen (secondary N) is 1. The van der Waals surface area contributed by atoms with E-state index in [0.29, 0.717) is 0 Å². The molecular formula is C16H12N4O2S. The van der Waals surface area contributed by atoms with Crippen molar-refractivity contribution in [3.63, 3.8) is 0 Å². The number of benzene rings is 2. The fourth-order valence-electron chi connectivity index (χ4n) is 2.70. The first-order valence-corrected chi connectivity index (χ1v) is 8.10. The molecule has 114 valence electrons. The lowest BCUT2D eigenvalue weighted by Gasteiger charge is -2.12. The number of thioether (sulfide) groups is 1. The summed E-state index contributed by atoms with van der Waals surface area (Å²) in [4.78, 5) is 0. The van der Waals surface area contributed by atoms with Crippen LogP contribution < -0.4 is 14.9 Å². The van der Waals surface area contributed by atoms with Gasteiger partial charge in [0.15, 0.2) is 17.3 Å². The maximum atomic E-state index is 5.46. The molecule has 2 aromatic carbocycles. The number of fused-ring (bicyclic) bond motifs is 2. The van der Waals surface area contributed by atoms with Crippen molar-refractivity contribution >= 4 is 11.8 Å². The third-order valence-corrected chi connectivity index (χ3v) is 4.92. The van der Waals surface area contributed by atoms with Crippen LogP contribution in [0, 0.1) is 0 Å². The van der Waals surface area contributed by atoms with Crippen molar-refractivity contribution in [2.75, 3.05) is 12.2 Å². The first kappa shape index (κ1) is 12.8. The highest BCUT2D eigenvalue weighted by atomic mass is 32.2. The molecule has 0 spiro atoms. The molecule has 6 nitrogen and oxygen atoms in total. The molecule has 0 bridgehead atoms. The Bertz CT molecular complexity index is 881.